The number of imidazole rings is 1. The van der Waals surface area contributed by atoms with E-state index in [0.717, 1.165) is 31.9 Å². The Labute approximate surface area is 201 Å². The third-order valence-corrected chi connectivity index (χ3v) is 6.49. The zero-order valence-corrected chi connectivity index (χ0v) is 19.9. The number of carboxylic acid groups (broad SMARTS) is 2. The fourth-order valence-corrected chi connectivity index (χ4v) is 5.18. The topological polar surface area (TPSA) is 114 Å². The smallest absolute Gasteiger partial charge is 0.290 e. The average Bonchev–Trinajstić information content (AvgIpc) is 3.48. The van der Waals surface area contributed by atoms with Crippen LogP contribution in [0.15, 0.2) is 43.0 Å². The monoisotopic (exact) mass is 475 g/mol. The van der Waals surface area contributed by atoms with E-state index in [-0.39, 0.29) is 12.9 Å². The summed E-state index contributed by atoms with van der Waals surface area (Å²) in [6.45, 7) is 4.53. The molecule has 2 aliphatic rings. The highest BCUT2D eigenvalue weighted by molar-refractivity contribution is 5.33. The molecule has 4 rings (SSSR count). The lowest BCUT2D eigenvalue weighted by Gasteiger charge is -2.43. The van der Waals surface area contributed by atoms with Crippen molar-refractivity contribution in [3.8, 4) is 5.75 Å². The van der Waals surface area contributed by atoms with Crippen molar-refractivity contribution in [3.63, 3.8) is 0 Å². The van der Waals surface area contributed by atoms with Gasteiger partial charge in [0.25, 0.3) is 12.9 Å². The number of hydrogen-bond acceptors (Lipinski definition) is 6. The number of piperidine rings is 1. The van der Waals surface area contributed by atoms with Crippen LogP contribution in [0.2, 0.25) is 0 Å². The van der Waals surface area contributed by atoms with Crippen molar-refractivity contribution in [1.82, 2.24) is 14.5 Å². The number of benzene rings is 1. The maximum absolute atomic E-state index is 8.36. The molecule has 2 N–H and O–H groups in total. The molecule has 1 aromatic carbocycles. The lowest BCUT2D eigenvalue weighted by molar-refractivity contribution is -0.123. The van der Waals surface area contributed by atoms with Crippen LogP contribution in [0.4, 0.5) is 0 Å². The number of ether oxygens (including phenoxy) is 2. The minimum atomic E-state index is -0.250. The Bertz CT molecular complexity index is 826. The fraction of sp³-hybridized carbons (Fsp3) is 0.560. The summed E-state index contributed by atoms with van der Waals surface area (Å²) in [5, 5.41) is 13.8. The second-order valence-corrected chi connectivity index (χ2v) is 8.65. The summed E-state index contributed by atoms with van der Waals surface area (Å²) in [6, 6.07) is 8.62. The molecular weight excluding hydrogens is 438 g/mol. The van der Waals surface area contributed by atoms with Gasteiger partial charge in [0.05, 0.1) is 19.0 Å². The zero-order chi connectivity index (χ0) is 24.7. The Kier molecular flexibility index (Phi) is 12.1. The molecule has 2 heterocycles. The lowest BCUT2D eigenvalue weighted by atomic mass is 9.76. The Morgan fingerprint density at radius 1 is 1.21 bits per heavy atom. The second-order valence-electron chi connectivity index (χ2n) is 8.65. The first-order valence-corrected chi connectivity index (χ1v) is 11.7. The van der Waals surface area contributed by atoms with E-state index in [4.69, 9.17) is 29.3 Å². The summed E-state index contributed by atoms with van der Waals surface area (Å²) in [6.07, 6.45) is 13.6. The van der Waals surface area contributed by atoms with Crippen LogP contribution in [0.1, 0.15) is 44.1 Å². The van der Waals surface area contributed by atoms with Gasteiger partial charge in [-0.15, -0.1) is 0 Å². The molecule has 1 saturated heterocycles. The lowest BCUT2D eigenvalue weighted by Crippen LogP contribution is -2.47. The van der Waals surface area contributed by atoms with Crippen LogP contribution >= 0.6 is 0 Å². The number of likely N-dealkylation sites (tertiary alicyclic amines) is 1. The number of rotatable bonds is 8. The van der Waals surface area contributed by atoms with E-state index in [9.17, 15) is 0 Å². The SMILES string of the molecule is CO[C@@H]1CCC[C@]12CCCN(Cc1cccc(OCCCn3ccnc3)c1)C2.O=CO.O=CO. The molecule has 34 heavy (non-hydrogen) atoms. The van der Waals surface area contributed by atoms with Gasteiger partial charge in [0.15, 0.2) is 0 Å². The van der Waals surface area contributed by atoms with Gasteiger partial charge in [-0.1, -0.05) is 18.6 Å². The number of aromatic nitrogens is 2. The first kappa shape index (κ1) is 27.3. The molecular formula is C25H37N3O6. The number of methoxy groups -OCH3 is 1. The molecule has 1 aliphatic carbocycles. The molecule has 1 aliphatic heterocycles. The molecule has 9 nitrogen and oxygen atoms in total. The van der Waals surface area contributed by atoms with Gasteiger partial charge in [-0.05, 0) is 56.3 Å². The van der Waals surface area contributed by atoms with E-state index in [1.165, 1.54) is 50.8 Å². The van der Waals surface area contributed by atoms with Crippen molar-refractivity contribution in [2.75, 3.05) is 26.8 Å². The predicted octanol–water partition coefficient (Wildman–Crippen LogP) is 3.53. The van der Waals surface area contributed by atoms with E-state index in [1.54, 1.807) is 0 Å². The van der Waals surface area contributed by atoms with E-state index in [1.807, 2.05) is 25.8 Å². The van der Waals surface area contributed by atoms with Gasteiger partial charge >= 0.3 is 0 Å². The Morgan fingerprint density at radius 2 is 1.97 bits per heavy atom. The molecule has 2 aromatic rings. The standard InChI is InChI=1S/C23H33N3O2.2CH2O2/c1-27-22-8-3-9-23(22)10-4-12-26(18-23)17-20-6-2-7-21(16-20)28-15-5-13-25-14-11-24-19-25;2*2-1-3/h2,6-7,11,14,16,19,22H,3-5,8-10,12-13,15,17-18H2,1H3;2*1H,(H,2,3)/t22-,23-;;/m1../s1. The van der Waals surface area contributed by atoms with E-state index < -0.39 is 0 Å². The van der Waals surface area contributed by atoms with Gasteiger partial charge in [0.2, 0.25) is 0 Å². The van der Waals surface area contributed by atoms with Crippen LogP contribution in [0.25, 0.3) is 0 Å². The summed E-state index contributed by atoms with van der Waals surface area (Å²) >= 11 is 0. The molecule has 0 unspecified atom stereocenters. The van der Waals surface area contributed by atoms with Gasteiger partial charge in [-0.25, -0.2) is 4.98 Å². The average molecular weight is 476 g/mol. The van der Waals surface area contributed by atoms with Crippen molar-refractivity contribution in [3.05, 3.63) is 48.5 Å². The number of carbonyl (C=O) groups is 2. The van der Waals surface area contributed by atoms with Crippen molar-refractivity contribution in [2.45, 2.75) is 57.7 Å². The summed E-state index contributed by atoms with van der Waals surface area (Å²) in [4.78, 5) is 23.4. The predicted molar refractivity (Wildman–Crippen MR) is 128 cm³/mol. The van der Waals surface area contributed by atoms with Crippen molar-refractivity contribution in [1.29, 1.82) is 0 Å². The Hall–Kier alpha value is -2.91. The van der Waals surface area contributed by atoms with Gasteiger partial charge < -0.3 is 24.3 Å². The van der Waals surface area contributed by atoms with Crippen LogP contribution in [-0.4, -0.2) is 70.5 Å². The Morgan fingerprint density at radius 3 is 2.68 bits per heavy atom. The highest BCUT2D eigenvalue weighted by atomic mass is 16.5. The van der Waals surface area contributed by atoms with E-state index in [0.29, 0.717) is 11.5 Å². The van der Waals surface area contributed by atoms with Crippen LogP contribution in [-0.2, 0) is 27.4 Å². The molecule has 2 fully saturated rings. The highest BCUT2D eigenvalue weighted by Crippen LogP contribution is 2.46. The Balaban J connectivity index is 0.000000618. The highest BCUT2D eigenvalue weighted by Gasteiger charge is 2.45. The van der Waals surface area contributed by atoms with Crippen LogP contribution < -0.4 is 4.74 Å². The van der Waals surface area contributed by atoms with Gasteiger partial charge in [0, 0.05) is 44.6 Å². The molecule has 9 heteroatoms. The normalized spacial score (nSPS) is 21.6. The van der Waals surface area contributed by atoms with Crippen LogP contribution in [0.5, 0.6) is 5.75 Å². The molecule has 0 bridgehead atoms. The van der Waals surface area contributed by atoms with Crippen molar-refractivity contribution in [2.24, 2.45) is 5.41 Å². The van der Waals surface area contributed by atoms with Gasteiger partial charge in [0.1, 0.15) is 5.75 Å². The summed E-state index contributed by atoms with van der Waals surface area (Å²) in [7, 11) is 1.89. The molecule has 1 spiro atoms. The third kappa shape index (κ3) is 8.46. The van der Waals surface area contributed by atoms with Crippen molar-refractivity contribution >= 4 is 12.9 Å². The zero-order valence-electron chi connectivity index (χ0n) is 19.9. The largest absolute Gasteiger partial charge is 0.494 e. The van der Waals surface area contributed by atoms with E-state index >= 15 is 0 Å². The maximum Gasteiger partial charge on any atom is 0.290 e. The second kappa shape index (κ2) is 15.1. The summed E-state index contributed by atoms with van der Waals surface area (Å²) in [5.74, 6) is 0.977. The van der Waals surface area contributed by atoms with E-state index in [2.05, 4.69) is 38.7 Å². The van der Waals surface area contributed by atoms with Crippen LogP contribution in [0, 0.1) is 5.41 Å². The molecule has 188 valence electrons. The molecule has 0 radical (unpaired) electrons. The summed E-state index contributed by atoms with van der Waals surface area (Å²) in [5.41, 5.74) is 1.73. The maximum atomic E-state index is 8.36. The van der Waals surface area contributed by atoms with Gasteiger partial charge in [-0.3, -0.25) is 14.5 Å². The quantitative estimate of drug-likeness (QED) is 0.440. The number of hydrogen-bond donors (Lipinski definition) is 2. The minimum absolute atomic E-state index is 0.250. The minimum Gasteiger partial charge on any atom is -0.494 e. The summed E-state index contributed by atoms with van der Waals surface area (Å²) < 4.78 is 13.9. The molecule has 1 saturated carbocycles. The number of nitrogens with zero attached hydrogens (tertiary/aromatic N) is 3. The van der Waals surface area contributed by atoms with Crippen molar-refractivity contribution < 1.29 is 29.3 Å². The fourth-order valence-electron chi connectivity index (χ4n) is 5.18. The molecule has 1 aromatic heterocycles. The molecule has 0 amide bonds. The third-order valence-electron chi connectivity index (χ3n) is 6.49. The van der Waals surface area contributed by atoms with Crippen LogP contribution in [0.3, 0.4) is 0 Å². The first-order valence-electron chi connectivity index (χ1n) is 11.7. The first-order chi connectivity index (χ1) is 16.6. The number of aryl methyl sites for hydroxylation is 1. The van der Waals surface area contributed by atoms with Gasteiger partial charge in [-0.2, -0.15) is 0 Å². The molecule has 2 atom stereocenters.